The fraction of sp³-hybridized carbons (Fsp3) is 0.167. The summed E-state index contributed by atoms with van der Waals surface area (Å²) in [6, 6.07) is 1.85. The van der Waals surface area contributed by atoms with Gasteiger partial charge in [-0.25, -0.2) is 13.8 Å². The Morgan fingerprint density at radius 2 is 1.76 bits per heavy atom. The second-order valence-corrected chi connectivity index (χ2v) is 4.31. The molecule has 0 spiro atoms. The zero-order valence-corrected chi connectivity index (χ0v) is 11.0. The van der Waals surface area contributed by atoms with Gasteiger partial charge in [0.25, 0.3) is 5.56 Å². The Labute approximate surface area is 115 Å². The molecule has 0 aliphatic rings. The smallest absolute Gasteiger partial charge is 0.301 e. The van der Waals surface area contributed by atoms with Gasteiger partial charge in [0.15, 0.2) is 5.82 Å². The van der Waals surface area contributed by atoms with Crippen LogP contribution in [-0.4, -0.2) is 14.1 Å². The Morgan fingerprint density at radius 3 is 2.33 bits per heavy atom. The van der Waals surface area contributed by atoms with Gasteiger partial charge in [-0.05, 0) is 6.92 Å². The highest BCUT2D eigenvalue weighted by atomic mass is 19.1. The number of benzene rings is 1. The van der Waals surface area contributed by atoms with Gasteiger partial charge in [-0.2, -0.15) is 4.39 Å². The third-order valence-corrected chi connectivity index (χ3v) is 3.01. The monoisotopic (exact) mass is 297 g/mol. The number of aromatic nitrogens is 2. The number of halogens is 2. The van der Waals surface area contributed by atoms with Crippen LogP contribution in [0.4, 0.5) is 14.5 Å². The zero-order valence-electron chi connectivity index (χ0n) is 11.0. The lowest BCUT2D eigenvalue weighted by Gasteiger charge is -2.10. The highest BCUT2D eigenvalue weighted by Crippen LogP contribution is 2.22. The first-order valence-corrected chi connectivity index (χ1v) is 5.67. The third kappa shape index (κ3) is 2.33. The Hall–Kier alpha value is -2.84. The van der Waals surface area contributed by atoms with Gasteiger partial charge < -0.3 is 4.57 Å². The summed E-state index contributed by atoms with van der Waals surface area (Å²) in [7, 11) is 1.35. The molecule has 7 nitrogen and oxygen atoms in total. The summed E-state index contributed by atoms with van der Waals surface area (Å²) in [6.45, 7) is 1.50. The van der Waals surface area contributed by atoms with Crippen LogP contribution in [0.5, 0.6) is 0 Å². The summed E-state index contributed by atoms with van der Waals surface area (Å²) in [5, 5.41) is 10.5. The summed E-state index contributed by atoms with van der Waals surface area (Å²) in [5.41, 5.74) is -3.16. The van der Waals surface area contributed by atoms with Gasteiger partial charge in [0.1, 0.15) is 0 Å². The number of nitro benzene ring substituents is 1. The lowest BCUT2D eigenvalue weighted by atomic mass is 10.2. The molecule has 0 saturated heterocycles. The maximum Gasteiger partial charge on any atom is 0.335 e. The SMILES string of the molecule is Cc1cc(=O)n(-c2cc(F)c([N+](=O)[O-])cc2F)c(=O)n1C. The Balaban J connectivity index is 2.84. The Bertz CT molecular complexity index is 870. The van der Waals surface area contributed by atoms with Gasteiger partial charge in [0.05, 0.1) is 16.7 Å². The van der Waals surface area contributed by atoms with Crippen LogP contribution in [-0.2, 0) is 7.05 Å². The molecule has 0 atom stereocenters. The number of rotatable bonds is 2. The maximum absolute atomic E-state index is 13.9. The van der Waals surface area contributed by atoms with E-state index >= 15 is 0 Å². The molecule has 0 amide bonds. The van der Waals surface area contributed by atoms with Crippen molar-refractivity contribution in [2.24, 2.45) is 7.05 Å². The molecule has 1 aromatic heterocycles. The quantitative estimate of drug-likeness (QED) is 0.612. The van der Waals surface area contributed by atoms with Crippen molar-refractivity contribution in [3.05, 3.63) is 66.5 Å². The van der Waals surface area contributed by atoms with E-state index in [2.05, 4.69) is 0 Å². The summed E-state index contributed by atoms with van der Waals surface area (Å²) in [4.78, 5) is 33.2. The van der Waals surface area contributed by atoms with Gasteiger partial charge in [-0.3, -0.25) is 14.9 Å². The van der Waals surface area contributed by atoms with Gasteiger partial charge in [-0.15, -0.1) is 0 Å². The van der Waals surface area contributed by atoms with E-state index in [0.717, 1.165) is 10.6 Å². The van der Waals surface area contributed by atoms with E-state index in [1.54, 1.807) is 0 Å². The van der Waals surface area contributed by atoms with Crippen LogP contribution >= 0.6 is 0 Å². The Morgan fingerprint density at radius 1 is 1.14 bits per heavy atom. The second-order valence-electron chi connectivity index (χ2n) is 4.31. The molecule has 21 heavy (non-hydrogen) atoms. The molecule has 0 aliphatic carbocycles. The summed E-state index contributed by atoms with van der Waals surface area (Å²) >= 11 is 0. The van der Waals surface area contributed by atoms with Crippen LogP contribution in [0.15, 0.2) is 27.8 Å². The molecule has 0 bridgehead atoms. The number of aryl methyl sites for hydroxylation is 1. The normalized spacial score (nSPS) is 10.7. The minimum atomic E-state index is -1.34. The zero-order chi connectivity index (χ0) is 15.9. The molecule has 110 valence electrons. The van der Waals surface area contributed by atoms with E-state index in [9.17, 15) is 28.5 Å². The van der Waals surface area contributed by atoms with Crippen molar-refractivity contribution in [2.75, 3.05) is 0 Å². The second kappa shape index (κ2) is 4.93. The molecule has 9 heteroatoms. The summed E-state index contributed by atoms with van der Waals surface area (Å²) in [5.74, 6) is -2.59. The standard InChI is InChI=1S/C12H9F2N3O4/c1-6-3-11(18)16(12(19)15(6)2)9-4-8(14)10(17(20)21)5-7(9)13/h3-5H,1-2H3. The molecule has 0 radical (unpaired) electrons. The first kappa shape index (κ1) is 14.6. The largest absolute Gasteiger partial charge is 0.335 e. The van der Waals surface area contributed by atoms with E-state index in [1.807, 2.05) is 0 Å². The van der Waals surface area contributed by atoms with Crippen LogP contribution in [0.3, 0.4) is 0 Å². The molecule has 2 aromatic rings. The van der Waals surface area contributed by atoms with Crippen molar-refractivity contribution >= 4 is 5.69 Å². The third-order valence-electron chi connectivity index (χ3n) is 3.01. The predicted octanol–water partition coefficient (Wildman–Crippen LogP) is 1.03. The number of hydrogen-bond acceptors (Lipinski definition) is 4. The highest BCUT2D eigenvalue weighted by Gasteiger charge is 2.21. The van der Waals surface area contributed by atoms with Gasteiger partial charge in [0, 0.05) is 24.9 Å². The van der Waals surface area contributed by atoms with Crippen molar-refractivity contribution < 1.29 is 13.7 Å². The van der Waals surface area contributed by atoms with E-state index < -0.39 is 39.2 Å². The predicted molar refractivity (Wildman–Crippen MR) is 68.6 cm³/mol. The lowest BCUT2D eigenvalue weighted by Crippen LogP contribution is -2.38. The van der Waals surface area contributed by atoms with E-state index in [1.165, 1.54) is 14.0 Å². The molecule has 0 unspecified atom stereocenters. The lowest BCUT2D eigenvalue weighted by molar-refractivity contribution is -0.387. The minimum absolute atomic E-state index is 0.330. The van der Waals surface area contributed by atoms with Crippen LogP contribution in [0.25, 0.3) is 5.69 Å². The topological polar surface area (TPSA) is 87.1 Å². The summed E-state index contributed by atoms with van der Waals surface area (Å²) < 4.78 is 28.9. The average molecular weight is 297 g/mol. The van der Waals surface area contributed by atoms with E-state index in [4.69, 9.17) is 0 Å². The maximum atomic E-state index is 13.9. The molecule has 0 aliphatic heterocycles. The van der Waals surface area contributed by atoms with Gasteiger partial charge in [-0.1, -0.05) is 0 Å². The first-order chi connectivity index (χ1) is 9.73. The van der Waals surface area contributed by atoms with Gasteiger partial charge in [0.2, 0.25) is 5.82 Å². The summed E-state index contributed by atoms with van der Waals surface area (Å²) in [6.07, 6.45) is 0. The average Bonchev–Trinajstić information content (AvgIpc) is 2.39. The van der Waals surface area contributed by atoms with Crippen LogP contribution < -0.4 is 11.2 Å². The molecule has 0 saturated carbocycles. The van der Waals surface area contributed by atoms with Crippen LogP contribution in [0.2, 0.25) is 0 Å². The van der Waals surface area contributed by atoms with Crippen LogP contribution in [0, 0.1) is 28.7 Å². The Kier molecular flexibility index (Phi) is 3.42. The molecule has 1 aromatic carbocycles. The van der Waals surface area contributed by atoms with Gasteiger partial charge >= 0.3 is 11.4 Å². The molecule has 2 rings (SSSR count). The van der Waals surface area contributed by atoms with Crippen molar-refractivity contribution in [1.29, 1.82) is 0 Å². The van der Waals surface area contributed by atoms with E-state index in [-0.39, 0.29) is 0 Å². The molecular weight excluding hydrogens is 288 g/mol. The molecular formula is C12H9F2N3O4. The fourth-order valence-electron chi connectivity index (χ4n) is 1.79. The van der Waals surface area contributed by atoms with Crippen LogP contribution in [0.1, 0.15) is 5.69 Å². The number of hydrogen-bond donors (Lipinski definition) is 0. The molecule has 1 heterocycles. The molecule has 0 N–H and O–H groups in total. The number of nitrogens with zero attached hydrogens (tertiary/aromatic N) is 3. The number of nitro groups is 1. The van der Waals surface area contributed by atoms with E-state index in [0.29, 0.717) is 22.4 Å². The first-order valence-electron chi connectivity index (χ1n) is 5.67. The van der Waals surface area contributed by atoms with Crippen molar-refractivity contribution in [3.8, 4) is 5.69 Å². The molecule has 0 fully saturated rings. The van der Waals surface area contributed by atoms with Crippen molar-refractivity contribution in [2.45, 2.75) is 6.92 Å². The minimum Gasteiger partial charge on any atom is -0.301 e. The van der Waals surface area contributed by atoms with Crippen molar-refractivity contribution in [3.63, 3.8) is 0 Å². The fourth-order valence-corrected chi connectivity index (χ4v) is 1.79. The highest BCUT2D eigenvalue weighted by molar-refractivity contribution is 5.43. The van der Waals surface area contributed by atoms with Crippen molar-refractivity contribution in [1.82, 2.24) is 9.13 Å².